The summed E-state index contributed by atoms with van der Waals surface area (Å²) >= 11 is 0. The minimum Gasteiger partial charge on any atom is -0.497 e. The highest BCUT2D eigenvalue weighted by Crippen LogP contribution is 2.39. The van der Waals surface area contributed by atoms with Gasteiger partial charge >= 0.3 is 5.97 Å². The van der Waals surface area contributed by atoms with Gasteiger partial charge in [0.15, 0.2) is 5.78 Å². The Kier molecular flexibility index (Phi) is 4.50. The fourth-order valence-corrected chi connectivity index (χ4v) is 2.59. The minimum atomic E-state index is -0.790. The van der Waals surface area contributed by atoms with Crippen molar-refractivity contribution in [2.75, 3.05) is 20.3 Å². The Morgan fingerprint density at radius 3 is 2.81 bits per heavy atom. The molecule has 0 saturated heterocycles. The molecule has 1 aliphatic heterocycles. The third-order valence-electron chi connectivity index (χ3n) is 3.70. The molecular weight excluding hydrogens is 272 g/mol. The Hall–Kier alpha value is -2.04. The number of carbonyl (C=O) groups is 2. The number of Topliss-reactive ketones (excluding diaryl/α,β-unsaturated/α-hetero) is 1. The Labute approximate surface area is 124 Å². The lowest BCUT2D eigenvalue weighted by atomic mass is 9.76. The number of ether oxygens (including phenoxy) is 3. The lowest BCUT2D eigenvalue weighted by molar-refractivity contribution is -0.144. The van der Waals surface area contributed by atoms with Crippen LogP contribution >= 0.6 is 0 Å². The number of hydrogen-bond donors (Lipinski definition) is 0. The van der Waals surface area contributed by atoms with Crippen LogP contribution in [-0.4, -0.2) is 32.1 Å². The molecule has 114 valence electrons. The topological polar surface area (TPSA) is 61.8 Å². The number of esters is 1. The number of methoxy groups -OCH3 is 1. The van der Waals surface area contributed by atoms with Gasteiger partial charge in [0.1, 0.15) is 30.1 Å². The van der Waals surface area contributed by atoms with E-state index in [2.05, 4.69) is 0 Å². The minimum absolute atomic E-state index is 0.0329. The van der Waals surface area contributed by atoms with Crippen molar-refractivity contribution in [2.24, 2.45) is 5.41 Å². The van der Waals surface area contributed by atoms with Crippen LogP contribution in [0.1, 0.15) is 37.0 Å². The standard InChI is InChI=1S/C16H20O5/c1-4-7-16(9-20-11(2)17)10-21-14-8-12(19-3)5-6-13(14)15(16)18/h5-6,8H,4,7,9-10H2,1-3H3/t16-/m1/s1. The van der Waals surface area contributed by atoms with Crippen molar-refractivity contribution >= 4 is 11.8 Å². The zero-order valence-electron chi connectivity index (χ0n) is 12.6. The van der Waals surface area contributed by atoms with E-state index in [4.69, 9.17) is 14.2 Å². The van der Waals surface area contributed by atoms with Gasteiger partial charge in [-0.1, -0.05) is 13.3 Å². The van der Waals surface area contributed by atoms with E-state index in [1.54, 1.807) is 25.3 Å². The van der Waals surface area contributed by atoms with Gasteiger partial charge in [0.05, 0.1) is 12.7 Å². The van der Waals surface area contributed by atoms with Crippen molar-refractivity contribution in [2.45, 2.75) is 26.7 Å². The van der Waals surface area contributed by atoms with E-state index < -0.39 is 5.41 Å². The molecule has 21 heavy (non-hydrogen) atoms. The van der Waals surface area contributed by atoms with E-state index in [1.165, 1.54) is 6.92 Å². The highest BCUT2D eigenvalue weighted by molar-refractivity contribution is 6.04. The average Bonchev–Trinajstić information content (AvgIpc) is 2.48. The lowest BCUT2D eigenvalue weighted by Crippen LogP contribution is -2.45. The third kappa shape index (κ3) is 3.01. The quantitative estimate of drug-likeness (QED) is 0.781. The summed E-state index contributed by atoms with van der Waals surface area (Å²) in [5.41, 5.74) is -0.273. The molecule has 0 bridgehead atoms. The molecule has 0 aliphatic carbocycles. The number of ketones is 1. The second-order valence-corrected chi connectivity index (χ2v) is 5.29. The van der Waals surface area contributed by atoms with Crippen LogP contribution in [-0.2, 0) is 9.53 Å². The fourth-order valence-electron chi connectivity index (χ4n) is 2.59. The molecular formula is C16H20O5. The molecule has 5 heteroatoms. The summed E-state index contributed by atoms with van der Waals surface area (Å²) in [6, 6.07) is 5.14. The molecule has 0 unspecified atom stereocenters. The number of rotatable bonds is 5. The molecule has 0 fully saturated rings. The van der Waals surface area contributed by atoms with Crippen LogP contribution in [0.3, 0.4) is 0 Å². The maximum Gasteiger partial charge on any atom is 0.302 e. The summed E-state index contributed by atoms with van der Waals surface area (Å²) in [5.74, 6) is 0.742. The van der Waals surface area contributed by atoms with E-state index in [0.29, 0.717) is 23.5 Å². The summed E-state index contributed by atoms with van der Waals surface area (Å²) in [4.78, 5) is 23.9. The molecule has 0 aromatic heterocycles. The molecule has 1 aromatic rings. The first kappa shape index (κ1) is 15.4. The third-order valence-corrected chi connectivity index (χ3v) is 3.70. The van der Waals surface area contributed by atoms with Crippen LogP contribution in [0, 0.1) is 5.41 Å². The van der Waals surface area contributed by atoms with Gasteiger partial charge < -0.3 is 14.2 Å². The van der Waals surface area contributed by atoms with Crippen molar-refractivity contribution in [3.05, 3.63) is 23.8 Å². The van der Waals surface area contributed by atoms with Gasteiger partial charge in [-0.2, -0.15) is 0 Å². The molecule has 0 spiro atoms. The number of hydrogen-bond acceptors (Lipinski definition) is 5. The Balaban J connectivity index is 2.32. The van der Waals surface area contributed by atoms with E-state index in [9.17, 15) is 9.59 Å². The van der Waals surface area contributed by atoms with Crippen molar-refractivity contribution in [1.82, 2.24) is 0 Å². The summed E-state index contributed by atoms with van der Waals surface area (Å²) in [6.45, 7) is 3.60. The van der Waals surface area contributed by atoms with Crippen LogP contribution in [0.2, 0.25) is 0 Å². The predicted octanol–water partition coefficient (Wildman–Crippen LogP) is 2.62. The van der Waals surface area contributed by atoms with E-state index in [-0.39, 0.29) is 25.0 Å². The van der Waals surface area contributed by atoms with Crippen LogP contribution in [0.5, 0.6) is 11.5 Å². The molecule has 0 N–H and O–H groups in total. The van der Waals surface area contributed by atoms with E-state index in [0.717, 1.165) is 6.42 Å². The smallest absolute Gasteiger partial charge is 0.302 e. The van der Waals surface area contributed by atoms with Gasteiger partial charge in [-0.3, -0.25) is 9.59 Å². The van der Waals surface area contributed by atoms with Crippen LogP contribution < -0.4 is 9.47 Å². The van der Waals surface area contributed by atoms with Gasteiger partial charge in [-0.05, 0) is 18.6 Å². The maximum absolute atomic E-state index is 12.8. The number of benzene rings is 1. The fraction of sp³-hybridized carbons (Fsp3) is 0.500. The summed E-state index contributed by atoms with van der Waals surface area (Å²) in [5, 5.41) is 0. The summed E-state index contributed by atoms with van der Waals surface area (Å²) < 4.78 is 16.0. The first-order valence-electron chi connectivity index (χ1n) is 7.01. The molecule has 5 nitrogen and oxygen atoms in total. The first-order chi connectivity index (χ1) is 10.0. The second-order valence-electron chi connectivity index (χ2n) is 5.29. The van der Waals surface area contributed by atoms with Gasteiger partial charge in [0.2, 0.25) is 0 Å². The highest BCUT2D eigenvalue weighted by atomic mass is 16.5. The summed E-state index contributed by atoms with van der Waals surface area (Å²) in [6.07, 6.45) is 1.42. The Morgan fingerprint density at radius 1 is 1.43 bits per heavy atom. The van der Waals surface area contributed by atoms with Crippen LogP contribution in [0.15, 0.2) is 18.2 Å². The summed E-state index contributed by atoms with van der Waals surface area (Å²) in [7, 11) is 1.56. The molecule has 2 rings (SSSR count). The molecule has 1 aliphatic rings. The van der Waals surface area contributed by atoms with E-state index in [1.807, 2.05) is 6.92 Å². The van der Waals surface area contributed by atoms with Gasteiger partial charge in [0, 0.05) is 13.0 Å². The SMILES string of the molecule is CCC[C@@]1(COC(C)=O)COc2cc(OC)ccc2C1=O. The average molecular weight is 292 g/mol. The molecule has 0 amide bonds. The second kappa shape index (κ2) is 6.16. The van der Waals surface area contributed by atoms with Gasteiger partial charge in [0.25, 0.3) is 0 Å². The molecule has 1 heterocycles. The van der Waals surface area contributed by atoms with Gasteiger partial charge in [-0.25, -0.2) is 0 Å². The molecule has 0 saturated carbocycles. The molecule has 0 radical (unpaired) electrons. The van der Waals surface area contributed by atoms with Crippen LogP contribution in [0.4, 0.5) is 0 Å². The van der Waals surface area contributed by atoms with Crippen LogP contribution in [0.25, 0.3) is 0 Å². The maximum atomic E-state index is 12.8. The molecule has 1 aromatic carbocycles. The zero-order chi connectivity index (χ0) is 15.5. The Morgan fingerprint density at radius 2 is 2.19 bits per heavy atom. The highest BCUT2D eigenvalue weighted by Gasteiger charge is 2.44. The zero-order valence-corrected chi connectivity index (χ0v) is 12.6. The number of carbonyl (C=O) groups excluding carboxylic acids is 2. The molecule has 1 atom stereocenters. The monoisotopic (exact) mass is 292 g/mol. The van der Waals surface area contributed by atoms with E-state index >= 15 is 0 Å². The van der Waals surface area contributed by atoms with Gasteiger partial charge in [-0.15, -0.1) is 0 Å². The number of fused-ring (bicyclic) bond motifs is 1. The first-order valence-corrected chi connectivity index (χ1v) is 7.01. The van der Waals surface area contributed by atoms with Crippen molar-refractivity contribution in [3.63, 3.8) is 0 Å². The van der Waals surface area contributed by atoms with Crippen molar-refractivity contribution < 1.29 is 23.8 Å². The Bertz CT molecular complexity index is 552. The predicted molar refractivity (Wildman–Crippen MR) is 76.8 cm³/mol. The largest absolute Gasteiger partial charge is 0.497 e. The normalized spacial score (nSPS) is 20.4. The lowest BCUT2D eigenvalue weighted by Gasteiger charge is -2.35. The van der Waals surface area contributed by atoms with Crippen molar-refractivity contribution in [3.8, 4) is 11.5 Å². The van der Waals surface area contributed by atoms with Crippen molar-refractivity contribution in [1.29, 1.82) is 0 Å².